The van der Waals surface area contributed by atoms with Crippen LogP contribution in [0.1, 0.15) is 19.4 Å². The summed E-state index contributed by atoms with van der Waals surface area (Å²) in [7, 11) is 0. The molecule has 0 aliphatic heterocycles. The summed E-state index contributed by atoms with van der Waals surface area (Å²) in [6, 6.07) is 4.88. The number of hydrogen-bond donors (Lipinski definition) is 0. The number of halogens is 3. The predicted molar refractivity (Wildman–Crippen MR) is 79.4 cm³/mol. The van der Waals surface area contributed by atoms with E-state index < -0.39 is 11.7 Å². The van der Waals surface area contributed by atoms with E-state index in [0.717, 1.165) is 25.2 Å². The molecule has 0 aliphatic carbocycles. The molecular weight excluding hydrogens is 458 g/mol. The quantitative estimate of drug-likeness (QED) is 0.281. The Hall–Kier alpha value is -1.24. The average Bonchev–Trinajstić information content (AvgIpc) is 2.70. The number of alkyl halides is 3. The first kappa shape index (κ1) is 35.8. The van der Waals surface area contributed by atoms with Gasteiger partial charge >= 0.3 is 167 Å². The fraction of sp³-hybridized carbons (Fsp3) is 0.312. The van der Waals surface area contributed by atoms with Gasteiger partial charge in [0.05, 0.1) is 0 Å². The van der Waals surface area contributed by atoms with E-state index in [9.17, 15) is 13.2 Å². The summed E-state index contributed by atoms with van der Waals surface area (Å²) in [5, 5.41) is 0. The molecule has 0 saturated carbocycles. The second-order valence-electron chi connectivity index (χ2n) is 3.29. The molecule has 0 fully saturated rings. The monoisotopic (exact) mass is 473 g/mol. The van der Waals surface area contributed by atoms with Crippen LogP contribution in [0, 0.1) is 31.4 Å². The third kappa shape index (κ3) is 25.0. The van der Waals surface area contributed by atoms with Crippen molar-refractivity contribution in [3.05, 3.63) is 56.4 Å². The normalized spacial score (nSPS) is 7.58. The standard InChI is InChI=1S/C7H4F3Se.C5H10N.4CO.Cr/c8-7(9,10)5-1-3-6(11)4-2-5;1-4-6(3)5-2;4*1-2;/h1-4H;4-5H2,1-2H3;;;;;. The van der Waals surface area contributed by atoms with Crippen molar-refractivity contribution < 1.29 is 47.4 Å². The van der Waals surface area contributed by atoms with Gasteiger partial charge in [-0.05, 0) is 0 Å². The van der Waals surface area contributed by atoms with Crippen molar-refractivity contribution in [1.29, 1.82) is 0 Å². The summed E-state index contributed by atoms with van der Waals surface area (Å²) in [5.41, 5.74) is -0.614. The van der Waals surface area contributed by atoms with E-state index in [-0.39, 0.29) is 0 Å². The van der Waals surface area contributed by atoms with Gasteiger partial charge in [0.25, 0.3) is 0 Å². The van der Waals surface area contributed by atoms with Crippen LogP contribution >= 0.6 is 0 Å². The SMILES string of the molecule is CCN([C]#[Cr])CC.FC(F)(F)c1ccc([Se])cc1.[C-]#[O+].[C-]#[O+].[C-]#[O+].[C-]#[O+]. The zero-order valence-corrected chi connectivity index (χ0v) is 16.7. The molecule has 1 aromatic carbocycles. The molecule has 10 heteroatoms. The van der Waals surface area contributed by atoms with Crippen molar-refractivity contribution in [2.45, 2.75) is 20.0 Å². The fourth-order valence-corrected chi connectivity index (χ4v) is 1.69. The van der Waals surface area contributed by atoms with E-state index in [1.54, 1.807) is 0 Å². The van der Waals surface area contributed by atoms with Crippen LogP contribution in [0.25, 0.3) is 0 Å². The van der Waals surface area contributed by atoms with Crippen molar-refractivity contribution in [2.24, 2.45) is 0 Å². The number of hydrogen-bond acceptors (Lipinski definition) is 1. The first-order valence-electron chi connectivity index (χ1n) is 6.13. The van der Waals surface area contributed by atoms with Crippen LogP contribution in [0.4, 0.5) is 13.2 Å². The first-order valence-corrected chi connectivity index (χ1v) is 7.63. The zero-order valence-electron chi connectivity index (χ0n) is 13.8. The molecule has 0 atom stereocenters. The van der Waals surface area contributed by atoms with Crippen LogP contribution in [0.5, 0.6) is 0 Å². The zero-order chi connectivity index (χ0) is 22.2. The van der Waals surface area contributed by atoms with E-state index in [1.807, 2.05) is 0 Å². The maximum atomic E-state index is 11.9. The van der Waals surface area contributed by atoms with Crippen LogP contribution in [-0.4, -0.2) is 34.0 Å². The second-order valence-corrected chi connectivity index (χ2v) is 4.56. The molecule has 0 amide bonds. The topological polar surface area (TPSA) is 82.8 Å². The number of rotatable bonds is 2. The number of nitrogens with zero attached hydrogens (tertiary/aromatic N) is 1. The molecule has 26 heavy (non-hydrogen) atoms. The Morgan fingerprint density at radius 1 is 0.923 bits per heavy atom. The van der Waals surface area contributed by atoms with Gasteiger partial charge < -0.3 is 0 Å². The third-order valence-corrected chi connectivity index (χ3v) is 3.05. The van der Waals surface area contributed by atoms with Gasteiger partial charge in [-0.3, -0.25) is 0 Å². The van der Waals surface area contributed by atoms with Crippen LogP contribution in [0.2, 0.25) is 0 Å². The van der Waals surface area contributed by atoms with Crippen molar-refractivity contribution >= 4 is 20.5 Å². The molecule has 1 aromatic rings. The molecule has 1 rings (SSSR count). The summed E-state index contributed by atoms with van der Waals surface area (Å²) >= 11 is 5.33. The van der Waals surface area contributed by atoms with Crippen LogP contribution in [0.3, 0.4) is 0 Å². The van der Waals surface area contributed by atoms with Gasteiger partial charge in [0.2, 0.25) is 0 Å². The Kier molecular flexibility index (Phi) is 39.3. The third-order valence-electron chi connectivity index (χ3n) is 2.07. The average molecular weight is 472 g/mol. The molecule has 0 N–H and O–H groups in total. The molecule has 140 valence electrons. The van der Waals surface area contributed by atoms with Gasteiger partial charge in [0.15, 0.2) is 0 Å². The number of benzene rings is 1. The van der Waals surface area contributed by atoms with Gasteiger partial charge in [-0.1, -0.05) is 0 Å². The Balaban J connectivity index is -0.0000000851. The molecule has 0 bridgehead atoms. The molecular formula is C16H14CrF3NO4Se. The Morgan fingerprint density at radius 3 is 1.38 bits per heavy atom. The van der Waals surface area contributed by atoms with Gasteiger partial charge in [0, 0.05) is 0 Å². The summed E-state index contributed by atoms with van der Waals surface area (Å²) in [4.78, 5) is 4.98. The van der Waals surface area contributed by atoms with Gasteiger partial charge in [-0.2, -0.15) is 0 Å². The first-order chi connectivity index (χ1) is 12.3. The van der Waals surface area contributed by atoms with Gasteiger partial charge in [0.1, 0.15) is 0 Å². The Labute approximate surface area is 167 Å². The Morgan fingerprint density at radius 2 is 1.23 bits per heavy atom. The molecule has 0 spiro atoms. The van der Waals surface area contributed by atoms with E-state index in [4.69, 9.17) is 18.6 Å². The second kappa shape index (κ2) is 28.6. The van der Waals surface area contributed by atoms with Crippen molar-refractivity contribution in [3.63, 3.8) is 0 Å². The molecule has 0 heterocycles. The summed E-state index contributed by atoms with van der Waals surface area (Å²) in [6.45, 7) is 24.3. The van der Waals surface area contributed by atoms with E-state index in [2.05, 4.69) is 81.8 Å². The minimum atomic E-state index is -4.23. The predicted octanol–water partition coefficient (Wildman–Crippen LogP) is 2.14. The van der Waals surface area contributed by atoms with Crippen LogP contribution in [-0.2, 0) is 40.4 Å². The van der Waals surface area contributed by atoms with Crippen LogP contribution in [0.15, 0.2) is 24.3 Å². The van der Waals surface area contributed by atoms with Gasteiger partial charge in [-0.25, -0.2) is 0 Å². The van der Waals surface area contributed by atoms with Crippen molar-refractivity contribution in [1.82, 2.24) is 4.90 Å². The van der Waals surface area contributed by atoms with Crippen molar-refractivity contribution in [3.8, 4) is 4.81 Å². The molecule has 0 unspecified atom stereocenters. The Bertz CT molecular complexity index is 521. The van der Waals surface area contributed by atoms with E-state index >= 15 is 0 Å². The summed E-state index contributed by atoms with van der Waals surface area (Å²) in [6.07, 6.45) is -4.23. The molecule has 0 aromatic heterocycles. The van der Waals surface area contributed by atoms with E-state index in [0.29, 0.717) is 4.46 Å². The fourth-order valence-electron chi connectivity index (χ4n) is 0.997. The van der Waals surface area contributed by atoms with Crippen molar-refractivity contribution in [2.75, 3.05) is 13.1 Å². The van der Waals surface area contributed by atoms with Crippen LogP contribution < -0.4 is 4.46 Å². The van der Waals surface area contributed by atoms with Gasteiger partial charge in [-0.15, -0.1) is 0 Å². The summed E-state index contributed by atoms with van der Waals surface area (Å²) < 4.78 is 66.4. The summed E-state index contributed by atoms with van der Waals surface area (Å²) in [5.74, 6) is 0. The minimum absolute atomic E-state index is 0.614. The molecule has 0 saturated heterocycles. The molecule has 5 nitrogen and oxygen atoms in total. The molecule has 0 aliphatic rings. The molecule has 1 radical (unpaired) electrons. The van der Waals surface area contributed by atoms with E-state index in [1.165, 1.54) is 12.1 Å². The maximum absolute atomic E-state index is 11.9.